The molecule has 2 heteroatoms. The largest absolute Gasteiger partial charge is 0.508 e. The second kappa shape index (κ2) is 3.99. The van der Waals surface area contributed by atoms with Crippen LogP contribution in [0.1, 0.15) is 18.1 Å². The average Bonchev–Trinajstić information content (AvgIpc) is 2.04. The first-order valence-corrected chi connectivity index (χ1v) is 4.27. The van der Waals surface area contributed by atoms with Gasteiger partial charge in [-0.1, -0.05) is 6.58 Å². The summed E-state index contributed by atoms with van der Waals surface area (Å²) in [6.45, 7) is 8.25. The Morgan fingerprint density at radius 3 is 2.77 bits per heavy atom. The van der Waals surface area contributed by atoms with E-state index < -0.39 is 0 Å². The summed E-state index contributed by atoms with van der Waals surface area (Å²) in [5, 5.41) is 9.18. The molecule has 0 atom stereocenters. The van der Waals surface area contributed by atoms with Gasteiger partial charge in [-0.2, -0.15) is 0 Å². The monoisotopic (exact) mass is 178 g/mol. The number of aromatic hydroxyl groups is 1. The maximum Gasteiger partial charge on any atom is 0.119 e. The van der Waals surface area contributed by atoms with E-state index in [1.54, 1.807) is 12.1 Å². The molecule has 0 aliphatic rings. The molecule has 0 spiro atoms. The molecule has 1 N–H and O–H groups in total. The number of aryl methyl sites for hydroxylation is 1. The van der Waals surface area contributed by atoms with E-state index in [1.165, 1.54) is 0 Å². The molecule has 1 aromatic carbocycles. The van der Waals surface area contributed by atoms with Crippen LogP contribution in [0, 0.1) is 6.92 Å². The summed E-state index contributed by atoms with van der Waals surface area (Å²) in [5.41, 5.74) is 1.91. The maximum atomic E-state index is 9.18. The van der Waals surface area contributed by atoms with Crippen LogP contribution in [0.3, 0.4) is 0 Å². The number of rotatable bonds is 3. The van der Waals surface area contributed by atoms with Crippen molar-refractivity contribution in [3.63, 3.8) is 0 Å². The van der Waals surface area contributed by atoms with Gasteiger partial charge in [0, 0.05) is 5.56 Å². The standard InChI is InChI=1S/C11H14O2/c1-4-13-9(3)11-6-5-10(12)7-8(11)2/h5-7,12H,3-4H2,1-2H3. The second-order valence-corrected chi connectivity index (χ2v) is 2.86. The van der Waals surface area contributed by atoms with Gasteiger partial charge in [-0.15, -0.1) is 0 Å². The lowest BCUT2D eigenvalue weighted by Crippen LogP contribution is -1.92. The summed E-state index contributed by atoms with van der Waals surface area (Å²) < 4.78 is 5.27. The number of ether oxygens (including phenoxy) is 1. The van der Waals surface area contributed by atoms with E-state index in [-0.39, 0.29) is 5.75 Å². The summed E-state index contributed by atoms with van der Waals surface area (Å²) in [4.78, 5) is 0. The fourth-order valence-corrected chi connectivity index (χ4v) is 1.21. The Morgan fingerprint density at radius 1 is 1.54 bits per heavy atom. The summed E-state index contributed by atoms with van der Waals surface area (Å²) in [5.74, 6) is 0.922. The molecule has 0 radical (unpaired) electrons. The van der Waals surface area contributed by atoms with Crippen LogP contribution in [0.25, 0.3) is 5.76 Å². The van der Waals surface area contributed by atoms with Crippen molar-refractivity contribution in [3.05, 3.63) is 35.9 Å². The van der Waals surface area contributed by atoms with Crippen molar-refractivity contribution in [1.82, 2.24) is 0 Å². The van der Waals surface area contributed by atoms with Crippen molar-refractivity contribution in [2.45, 2.75) is 13.8 Å². The Hall–Kier alpha value is -1.44. The molecule has 0 fully saturated rings. The van der Waals surface area contributed by atoms with Gasteiger partial charge in [0.2, 0.25) is 0 Å². The van der Waals surface area contributed by atoms with E-state index in [0.717, 1.165) is 11.1 Å². The van der Waals surface area contributed by atoms with E-state index in [0.29, 0.717) is 12.4 Å². The van der Waals surface area contributed by atoms with Crippen LogP contribution in [0.15, 0.2) is 24.8 Å². The quantitative estimate of drug-likeness (QED) is 0.721. The molecule has 0 unspecified atom stereocenters. The highest BCUT2D eigenvalue weighted by Crippen LogP contribution is 2.22. The van der Waals surface area contributed by atoms with Crippen molar-refractivity contribution in [2.75, 3.05) is 6.61 Å². The number of phenols is 1. The molecule has 0 amide bonds. The van der Waals surface area contributed by atoms with Crippen molar-refractivity contribution in [2.24, 2.45) is 0 Å². The molecule has 0 aliphatic carbocycles. The van der Waals surface area contributed by atoms with Gasteiger partial charge in [0.1, 0.15) is 11.5 Å². The minimum Gasteiger partial charge on any atom is -0.508 e. The lowest BCUT2D eigenvalue weighted by molar-refractivity contribution is 0.299. The molecule has 70 valence electrons. The third-order valence-corrected chi connectivity index (χ3v) is 1.83. The first kappa shape index (κ1) is 9.65. The van der Waals surface area contributed by atoms with Gasteiger partial charge < -0.3 is 9.84 Å². The molecule has 0 saturated heterocycles. The molecular formula is C11H14O2. The molecule has 0 aliphatic heterocycles. The Morgan fingerprint density at radius 2 is 2.23 bits per heavy atom. The van der Waals surface area contributed by atoms with E-state index in [1.807, 2.05) is 19.9 Å². The fourth-order valence-electron chi connectivity index (χ4n) is 1.21. The highest BCUT2D eigenvalue weighted by molar-refractivity contribution is 5.61. The number of benzene rings is 1. The smallest absolute Gasteiger partial charge is 0.119 e. The zero-order valence-corrected chi connectivity index (χ0v) is 8.00. The number of hydrogen-bond acceptors (Lipinski definition) is 2. The number of phenolic OH excluding ortho intramolecular Hbond substituents is 1. The SMILES string of the molecule is C=C(OCC)c1ccc(O)cc1C. The molecule has 0 aromatic heterocycles. The van der Waals surface area contributed by atoms with Crippen molar-refractivity contribution in [1.29, 1.82) is 0 Å². The van der Waals surface area contributed by atoms with Crippen molar-refractivity contribution in [3.8, 4) is 5.75 Å². The summed E-state index contributed by atoms with van der Waals surface area (Å²) in [6.07, 6.45) is 0. The van der Waals surface area contributed by atoms with Gasteiger partial charge in [-0.3, -0.25) is 0 Å². The van der Waals surface area contributed by atoms with E-state index in [4.69, 9.17) is 4.74 Å². The zero-order chi connectivity index (χ0) is 9.84. The van der Waals surface area contributed by atoms with Crippen LogP contribution in [-0.4, -0.2) is 11.7 Å². The third-order valence-electron chi connectivity index (χ3n) is 1.83. The van der Waals surface area contributed by atoms with Gasteiger partial charge in [-0.05, 0) is 37.6 Å². The molecule has 0 bridgehead atoms. The molecule has 0 saturated carbocycles. The van der Waals surface area contributed by atoms with Crippen molar-refractivity contribution >= 4 is 5.76 Å². The Bertz CT molecular complexity index is 316. The van der Waals surface area contributed by atoms with Gasteiger partial charge in [0.25, 0.3) is 0 Å². The predicted octanol–water partition coefficient (Wildman–Crippen LogP) is 2.71. The maximum absolute atomic E-state index is 9.18. The van der Waals surface area contributed by atoms with Gasteiger partial charge in [-0.25, -0.2) is 0 Å². The number of hydrogen-bond donors (Lipinski definition) is 1. The van der Waals surface area contributed by atoms with Gasteiger partial charge in [0.05, 0.1) is 6.61 Å². The van der Waals surface area contributed by atoms with Gasteiger partial charge >= 0.3 is 0 Å². The third kappa shape index (κ3) is 2.25. The first-order valence-electron chi connectivity index (χ1n) is 4.27. The van der Waals surface area contributed by atoms with Crippen LogP contribution >= 0.6 is 0 Å². The molecule has 0 heterocycles. The van der Waals surface area contributed by atoms with Crippen LogP contribution in [-0.2, 0) is 4.74 Å². The van der Waals surface area contributed by atoms with E-state index in [2.05, 4.69) is 6.58 Å². The van der Waals surface area contributed by atoms with Crippen LogP contribution in [0.2, 0.25) is 0 Å². The molecular weight excluding hydrogens is 164 g/mol. The zero-order valence-electron chi connectivity index (χ0n) is 8.00. The summed E-state index contributed by atoms with van der Waals surface area (Å²) >= 11 is 0. The highest BCUT2D eigenvalue weighted by Gasteiger charge is 2.03. The average molecular weight is 178 g/mol. The molecule has 13 heavy (non-hydrogen) atoms. The van der Waals surface area contributed by atoms with Crippen LogP contribution in [0.5, 0.6) is 5.75 Å². The summed E-state index contributed by atoms with van der Waals surface area (Å²) in [7, 11) is 0. The second-order valence-electron chi connectivity index (χ2n) is 2.86. The van der Waals surface area contributed by atoms with E-state index >= 15 is 0 Å². The lowest BCUT2D eigenvalue weighted by atomic mass is 10.1. The molecule has 2 nitrogen and oxygen atoms in total. The van der Waals surface area contributed by atoms with Crippen molar-refractivity contribution < 1.29 is 9.84 Å². The lowest BCUT2D eigenvalue weighted by Gasteiger charge is -2.09. The first-order chi connectivity index (χ1) is 6.15. The topological polar surface area (TPSA) is 29.5 Å². The van der Waals surface area contributed by atoms with Gasteiger partial charge in [0.15, 0.2) is 0 Å². The predicted molar refractivity (Wildman–Crippen MR) is 53.5 cm³/mol. The van der Waals surface area contributed by atoms with Crippen LogP contribution in [0.4, 0.5) is 0 Å². The van der Waals surface area contributed by atoms with Crippen LogP contribution < -0.4 is 0 Å². The Labute approximate surface area is 78.5 Å². The molecule has 1 aromatic rings. The Balaban J connectivity index is 2.95. The normalized spacial score (nSPS) is 9.69. The highest BCUT2D eigenvalue weighted by atomic mass is 16.5. The summed E-state index contributed by atoms with van der Waals surface area (Å²) in [6, 6.07) is 5.13. The van der Waals surface area contributed by atoms with E-state index in [9.17, 15) is 5.11 Å². The molecule has 1 rings (SSSR count). The minimum atomic E-state index is 0.269. The minimum absolute atomic E-state index is 0.269. The fraction of sp³-hybridized carbons (Fsp3) is 0.273. The Kier molecular flexibility index (Phi) is 2.96.